The summed E-state index contributed by atoms with van der Waals surface area (Å²) in [5.41, 5.74) is 6.29. The number of nitrogens with two attached hydrogens (primary N) is 1. The van der Waals surface area contributed by atoms with Crippen LogP contribution in [0.2, 0.25) is 0 Å². The smallest absolute Gasteiger partial charge is 0.307 e. The lowest BCUT2D eigenvalue weighted by Gasteiger charge is -2.15. The monoisotopic (exact) mass is 294 g/mol. The van der Waals surface area contributed by atoms with E-state index in [0.29, 0.717) is 18.0 Å². The number of thiophene rings is 1. The Balaban J connectivity index is 2.74. The summed E-state index contributed by atoms with van der Waals surface area (Å²) in [4.78, 5) is 26.2. The van der Waals surface area contributed by atoms with E-state index in [0.717, 1.165) is 10.4 Å². The molecular weight excluding hydrogens is 276 g/mol. The number of hydrogen-bond donors (Lipinski definition) is 1. The molecule has 0 aliphatic carbocycles. The van der Waals surface area contributed by atoms with Crippen LogP contribution in [0.25, 0.3) is 0 Å². The van der Waals surface area contributed by atoms with Crippen LogP contribution in [0.15, 0.2) is 6.07 Å². The zero-order valence-electron chi connectivity index (χ0n) is 11.9. The summed E-state index contributed by atoms with van der Waals surface area (Å²) in [6.07, 6.45) is 0.183. The van der Waals surface area contributed by atoms with E-state index in [1.54, 1.807) is 7.05 Å². The number of nitrogens with zero attached hydrogens (tertiary/aromatic N) is 1. The number of carbonyl (C=O) groups excluding carboxylic acids is 2. The van der Waals surface area contributed by atoms with Crippen LogP contribution in [-0.4, -0.2) is 44.0 Å². The first-order valence-corrected chi connectivity index (χ1v) is 6.93. The second kappa shape index (κ2) is 7.68. The van der Waals surface area contributed by atoms with Gasteiger partial charge in [-0.3, -0.25) is 9.59 Å². The molecule has 0 fully saturated rings. The van der Waals surface area contributed by atoms with Crippen LogP contribution < -0.4 is 5.73 Å². The second-order valence-electron chi connectivity index (χ2n) is 4.18. The highest BCUT2D eigenvalue weighted by Crippen LogP contribution is 2.22. The van der Waals surface area contributed by atoms with Crippen molar-refractivity contribution in [2.75, 3.05) is 27.2 Å². The summed E-state index contributed by atoms with van der Waals surface area (Å²) in [5.74, 6) is 5.27. The zero-order valence-corrected chi connectivity index (χ0v) is 12.7. The normalized spacial score (nSPS) is 9.60. The van der Waals surface area contributed by atoms with E-state index < -0.39 is 0 Å². The molecule has 0 spiro atoms. The lowest BCUT2D eigenvalue weighted by atomic mass is 10.2. The third kappa shape index (κ3) is 4.37. The van der Waals surface area contributed by atoms with Crippen LogP contribution in [0.5, 0.6) is 0 Å². The second-order valence-corrected chi connectivity index (χ2v) is 5.23. The van der Waals surface area contributed by atoms with Gasteiger partial charge >= 0.3 is 5.97 Å². The van der Waals surface area contributed by atoms with Crippen LogP contribution in [0.1, 0.15) is 26.5 Å². The molecule has 1 heterocycles. The van der Waals surface area contributed by atoms with Gasteiger partial charge in [0.15, 0.2) is 0 Å². The maximum atomic E-state index is 12.2. The first-order valence-electron chi connectivity index (χ1n) is 6.11. The predicted octanol–water partition coefficient (Wildman–Crippen LogP) is 1.00. The van der Waals surface area contributed by atoms with Crippen molar-refractivity contribution in [3.05, 3.63) is 21.4 Å². The molecule has 0 radical (unpaired) electrons. The SMILES string of the molecule is COC(=O)CCN(C)C(=O)c1cc(C)c(C#CCN)s1. The predicted molar refractivity (Wildman–Crippen MR) is 78.6 cm³/mol. The van der Waals surface area contributed by atoms with Crippen molar-refractivity contribution in [1.82, 2.24) is 4.90 Å². The molecule has 2 N–H and O–H groups in total. The fraction of sp³-hybridized carbons (Fsp3) is 0.429. The summed E-state index contributed by atoms with van der Waals surface area (Å²) in [6.45, 7) is 2.52. The minimum atomic E-state index is -0.332. The third-order valence-corrected chi connectivity index (χ3v) is 3.80. The highest BCUT2D eigenvalue weighted by molar-refractivity contribution is 7.14. The topological polar surface area (TPSA) is 72.6 Å². The van der Waals surface area contributed by atoms with Crippen LogP contribution in [-0.2, 0) is 9.53 Å². The summed E-state index contributed by atoms with van der Waals surface area (Å²) in [5, 5.41) is 0. The Morgan fingerprint density at radius 1 is 1.50 bits per heavy atom. The van der Waals surface area contributed by atoms with Gasteiger partial charge in [0.25, 0.3) is 5.91 Å². The molecule has 1 amide bonds. The van der Waals surface area contributed by atoms with Crippen molar-refractivity contribution in [1.29, 1.82) is 0 Å². The number of esters is 1. The Kier molecular flexibility index (Phi) is 6.22. The zero-order chi connectivity index (χ0) is 15.1. The molecule has 1 rings (SSSR count). The molecule has 0 atom stereocenters. The van der Waals surface area contributed by atoms with Gasteiger partial charge in [-0.1, -0.05) is 11.8 Å². The molecule has 0 unspecified atom stereocenters. The summed E-state index contributed by atoms with van der Waals surface area (Å²) in [7, 11) is 2.99. The summed E-state index contributed by atoms with van der Waals surface area (Å²) >= 11 is 1.34. The van der Waals surface area contributed by atoms with E-state index in [1.807, 2.05) is 13.0 Å². The maximum Gasteiger partial charge on any atom is 0.307 e. The molecular formula is C14H18N2O3S. The minimum Gasteiger partial charge on any atom is -0.469 e. The van der Waals surface area contributed by atoms with Gasteiger partial charge in [-0.25, -0.2) is 0 Å². The molecule has 20 heavy (non-hydrogen) atoms. The highest BCUT2D eigenvalue weighted by Gasteiger charge is 2.16. The quantitative estimate of drug-likeness (QED) is 0.664. The van der Waals surface area contributed by atoms with Gasteiger partial charge in [-0.05, 0) is 18.6 Å². The van der Waals surface area contributed by atoms with Gasteiger partial charge in [0.2, 0.25) is 0 Å². The van der Waals surface area contributed by atoms with Gasteiger partial charge < -0.3 is 15.4 Å². The third-order valence-electron chi connectivity index (χ3n) is 2.66. The fourth-order valence-electron chi connectivity index (χ4n) is 1.49. The summed E-state index contributed by atoms with van der Waals surface area (Å²) in [6, 6.07) is 1.81. The largest absolute Gasteiger partial charge is 0.469 e. The van der Waals surface area contributed by atoms with E-state index in [-0.39, 0.29) is 18.3 Å². The molecule has 0 bridgehead atoms. The van der Waals surface area contributed by atoms with Crippen molar-refractivity contribution in [2.24, 2.45) is 5.73 Å². The van der Waals surface area contributed by atoms with E-state index in [1.165, 1.54) is 23.3 Å². The van der Waals surface area contributed by atoms with Gasteiger partial charge in [0, 0.05) is 13.6 Å². The van der Waals surface area contributed by atoms with Crippen molar-refractivity contribution in [3.63, 3.8) is 0 Å². The van der Waals surface area contributed by atoms with Gasteiger partial charge in [-0.2, -0.15) is 0 Å². The fourth-order valence-corrected chi connectivity index (χ4v) is 2.54. The first kappa shape index (κ1) is 16.2. The van der Waals surface area contributed by atoms with E-state index in [4.69, 9.17) is 5.73 Å². The molecule has 0 aliphatic heterocycles. The highest BCUT2D eigenvalue weighted by atomic mass is 32.1. The van der Waals surface area contributed by atoms with Crippen LogP contribution >= 0.6 is 11.3 Å². The van der Waals surface area contributed by atoms with Crippen LogP contribution in [0, 0.1) is 18.8 Å². The average Bonchev–Trinajstić information content (AvgIpc) is 2.82. The number of aryl methyl sites for hydroxylation is 1. The Morgan fingerprint density at radius 2 is 2.20 bits per heavy atom. The lowest BCUT2D eigenvalue weighted by molar-refractivity contribution is -0.140. The molecule has 0 saturated heterocycles. The number of amides is 1. The van der Waals surface area contributed by atoms with Crippen LogP contribution in [0.4, 0.5) is 0 Å². The van der Waals surface area contributed by atoms with Crippen molar-refractivity contribution in [2.45, 2.75) is 13.3 Å². The van der Waals surface area contributed by atoms with Crippen molar-refractivity contribution >= 4 is 23.2 Å². The molecule has 0 saturated carbocycles. The van der Waals surface area contributed by atoms with E-state index in [2.05, 4.69) is 16.6 Å². The van der Waals surface area contributed by atoms with E-state index in [9.17, 15) is 9.59 Å². The van der Waals surface area contributed by atoms with Gasteiger partial charge in [-0.15, -0.1) is 11.3 Å². The average molecular weight is 294 g/mol. The molecule has 1 aromatic heterocycles. The molecule has 6 heteroatoms. The Hall–Kier alpha value is -1.84. The van der Waals surface area contributed by atoms with E-state index >= 15 is 0 Å². The molecule has 108 valence electrons. The number of methoxy groups -OCH3 is 1. The van der Waals surface area contributed by atoms with Crippen LogP contribution in [0.3, 0.4) is 0 Å². The molecule has 1 aromatic rings. The number of hydrogen-bond acceptors (Lipinski definition) is 5. The lowest BCUT2D eigenvalue weighted by Crippen LogP contribution is -2.28. The van der Waals surface area contributed by atoms with Gasteiger partial charge in [0.1, 0.15) is 0 Å². The first-order chi connectivity index (χ1) is 9.49. The van der Waals surface area contributed by atoms with Crippen molar-refractivity contribution in [3.8, 4) is 11.8 Å². The molecule has 0 aliphatic rings. The Morgan fingerprint density at radius 3 is 2.80 bits per heavy atom. The van der Waals surface area contributed by atoms with Gasteiger partial charge in [0.05, 0.1) is 29.8 Å². The Labute approximate surface area is 122 Å². The van der Waals surface area contributed by atoms with Crippen molar-refractivity contribution < 1.29 is 14.3 Å². The number of ether oxygens (including phenoxy) is 1. The standard InChI is InChI=1S/C14H18N2O3S/c1-10-9-12(20-11(10)5-4-7-15)14(18)16(2)8-6-13(17)19-3/h9H,6-8,15H2,1-3H3. The maximum absolute atomic E-state index is 12.2. The number of carbonyl (C=O) groups is 2. The molecule has 5 nitrogen and oxygen atoms in total. The Bertz CT molecular complexity index is 555. The molecule has 0 aromatic carbocycles. The summed E-state index contributed by atoms with van der Waals surface area (Å²) < 4.78 is 4.55. The number of rotatable bonds is 4. The minimum absolute atomic E-state index is 0.122.